The normalized spacial score (nSPS) is 14.8. The van der Waals surface area contributed by atoms with E-state index in [1.807, 2.05) is 0 Å². The first-order valence-electron chi connectivity index (χ1n) is 5.63. The molecule has 0 radical (unpaired) electrons. The monoisotopic (exact) mass is 228 g/mol. The predicted molar refractivity (Wildman–Crippen MR) is 60.3 cm³/mol. The Balaban J connectivity index is 2.86. The van der Waals surface area contributed by atoms with E-state index in [0.717, 1.165) is 18.9 Å². The molecule has 0 saturated carbocycles. The van der Waals surface area contributed by atoms with Gasteiger partial charge in [-0.1, -0.05) is 20.3 Å². The van der Waals surface area contributed by atoms with Crippen molar-refractivity contribution < 1.29 is 13.9 Å². The summed E-state index contributed by atoms with van der Waals surface area (Å²) in [7, 11) is 0. The van der Waals surface area contributed by atoms with E-state index >= 15 is 0 Å². The van der Waals surface area contributed by atoms with Crippen molar-refractivity contribution in [3.8, 4) is 0 Å². The van der Waals surface area contributed by atoms with E-state index in [1.54, 1.807) is 0 Å². The molecule has 16 heavy (non-hydrogen) atoms. The molecule has 1 aromatic rings. The van der Waals surface area contributed by atoms with E-state index < -0.39 is 11.6 Å². The predicted octanol–water partition coefficient (Wildman–Crippen LogP) is 3.48. The summed E-state index contributed by atoms with van der Waals surface area (Å²) in [6, 6.07) is 3.44. The van der Waals surface area contributed by atoms with E-state index in [0.29, 0.717) is 11.5 Å². The first kappa shape index (κ1) is 13.1. The summed E-state index contributed by atoms with van der Waals surface area (Å²) < 4.78 is 26.0. The summed E-state index contributed by atoms with van der Waals surface area (Å²) in [5.41, 5.74) is 0.542. The maximum absolute atomic E-state index is 13.0. The molecule has 3 heteroatoms. The highest BCUT2D eigenvalue weighted by atomic mass is 19.1. The first-order valence-corrected chi connectivity index (χ1v) is 5.63. The molecule has 0 aromatic heterocycles. The molecule has 0 heterocycles. The van der Waals surface area contributed by atoms with Gasteiger partial charge in [0.15, 0.2) is 0 Å². The number of hydrogen-bond acceptors (Lipinski definition) is 1. The summed E-state index contributed by atoms with van der Waals surface area (Å²) in [6.07, 6.45) is 1.74. The van der Waals surface area contributed by atoms with Crippen LogP contribution in [0.2, 0.25) is 0 Å². The van der Waals surface area contributed by atoms with Gasteiger partial charge in [0.2, 0.25) is 0 Å². The van der Waals surface area contributed by atoms with Crippen molar-refractivity contribution in [1.29, 1.82) is 0 Å². The number of aliphatic hydroxyl groups excluding tert-OH is 1. The summed E-state index contributed by atoms with van der Waals surface area (Å²) >= 11 is 0. The highest BCUT2D eigenvalue weighted by Crippen LogP contribution is 2.26. The molecule has 2 unspecified atom stereocenters. The Bertz CT molecular complexity index is 318. The standard InChI is InChI=1S/C13H18F2O/c1-3-9(2)4-11(8-16)10-5-12(14)7-13(15)6-10/h5-7,9,11,16H,3-4,8H2,1-2H3. The lowest BCUT2D eigenvalue weighted by molar-refractivity contribution is 0.244. The maximum Gasteiger partial charge on any atom is 0.126 e. The van der Waals surface area contributed by atoms with Crippen molar-refractivity contribution in [2.75, 3.05) is 6.61 Å². The minimum Gasteiger partial charge on any atom is -0.396 e. The van der Waals surface area contributed by atoms with E-state index in [4.69, 9.17) is 0 Å². The van der Waals surface area contributed by atoms with Gasteiger partial charge in [0.1, 0.15) is 11.6 Å². The molecular formula is C13H18F2O. The highest BCUT2D eigenvalue weighted by Gasteiger charge is 2.15. The third kappa shape index (κ3) is 3.56. The van der Waals surface area contributed by atoms with E-state index in [1.165, 1.54) is 12.1 Å². The van der Waals surface area contributed by atoms with Crippen LogP contribution in [-0.4, -0.2) is 11.7 Å². The Morgan fingerprint density at radius 1 is 1.19 bits per heavy atom. The van der Waals surface area contributed by atoms with Crippen molar-refractivity contribution in [2.24, 2.45) is 5.92 Å². The molecule has 0 aliphatic carbocycles. The molecule has 0 aliphatic rings. The van der Waals surface area contributed by atoms with Gasteiger partial charge < -0.3 is 5.11 Å². The van der Waals surface area contributed by atoms with Crippen LogP contribution in [0.1, 0.15) is 38.2 Å². The van der Waals surface area contributed by atoms with Gasteiger partial charge in [0.05, 0.1) is 0 Å². The zero-order chi connectivity index (χ0) is 12.1. The molecule has 2 atom stereocenters. The molecule has 0 amide bonds. The van der Waals surface area contributed by atoms with Crippen LogP contribution in [0.4, 0.5) is 8.78 Å². The quantitative estimate of drug-likeness (QED) is 0.818. The van der Waals surface area contributed by atoms with Crippen LogP contribution in [0.3, 0.4) is 0 Å². The Labute approximate surface area is 95.1 Å². The lowest BCUT2D eigenvalue weighted by Crippen LogP contribution is -2.09. The molecule has 0 saturated heterocycles. The van der Waals surface area contributed by atoms with Crippen molar-refractivity contribution in [3.05, 3.63) is 35.4 Å². The second-order valence-electron chi connectivity index (χ2n) is 4.33. The molecule has 1 aromatic carbocycles. The molecular weight excluding hydrogens is 210 g/mol. The zero-order valence-corrected chi connectivity index (χ0v) is 9.71. The van der Waals surface area contributed by atoms with Gasteiger partial charge >= 0.3 is 0 Å². The van der Waals surface area contributed by atoms with Crippen LogP contribution in [0.15, 0.2) is 18.2 Å². The number of hydrogen-bond donors (Lipinski definition) is 1. The largest absolute Gasteiger partial charge is 0.396 e. The third-order valence-electron chi connectivity index (χ3n) is 2.96. The van der Waals surface area contributed by atoms with Gasteiger partial charge in [-0.3, -0.25) is 0 Å². The summed E-state index contributed by atoms with van der Waals surface area (Å²) in [4.78, 5) is 0. The second-order valence-corrected chi connectivity index (χ2v) is 4.33. The molecule has 1 nitrogen and oxygen atoms in total. The van der Waals surface area contributed by atoms with E-state index in [-0.39, 0.29) is 12.5 Å². The van der Waals surface area contributed by atoms with Crippen LogP contribution in [-0.2, 0) is 0 Å². The van der Waals surface area contributed by atoms with Crippen LogP contribution >= 0.6 is 0 Å². The molecule has 90 valence electrons. The number of benzene rings is 1. The van der Waals surface area contributed by atoms with Crippen LogP contribution in [0, 0.1) is 17.6 Å². The average molecular weight is 228 g/mol. The van der Waals surface area contributed by atoms with E-state index in [9.17, 15) is 13.9 Å². The Kier molecular flexibility index (Phi) is 4.87. The fraction of sp³-hybridized carbons (Fsp3) is 0.538. The number of halogens is 2. The highest BCUT2D eigenvalue weighted by molar-refractivity contribution is 5.22. The molecule has 0 aliphatic heterocycles. The molecule has 0 spiro atoms. The number of rotatable bonds is 5. The van der Waals surface area contributed by atoms with Crippen LogP contribution < -0.4 is 0 Å². The van der Waals surface area contributed by atoms with Crippen molar-refractivity contribution >= 4 is 0 Å². The minimum atomic E-state index is -0.586. The lowest BCUT2D eigenvalue weighted by atomic mass is 9.89. The third-order valence-corrected chi connectivity index (χ3v) is 2.96. The molecule has 0 bridgehead atoms. The smallest absolute Gasteiger partial charge is 0.126 e. The minimum absolute atomic E-state index is 0.0762. The molecule has 1 rings (SSSR count). The summed E-state index contributed by atoms with van der Waals surface area (Å²) in [6.45, 7) is 4.05. The van der Waals surface area contributed by atoms with Crippen molar-refractivity contribution in [1.82, 2.24) is 0 Å². The zero-order valence-electron chi connectivity index (χ0n) is 9.71. The fourth-order valence-electron chi connectivity index (χ4n) is 1.78. The van der Waals surface area contributed by atoms with Gasteiger partial charge in [0, 0.05) is 18.6 Å². The maximum atomic E-state index is 13.0. The first-order chi connectivity index (χ1) is 7.56. The summed E-state index contributed by atoms with van der Waals surface area (Å²) in [5, 5.41) is 9.26. The van der Waals surface area contributed by atoms with Crippen molar-refractivity contribution in [2.45, 2.75) is 32.6 Å². The Hall–Kier alpha value is -0.960. The summed E-state index contributed by atoms with van der Waals surface area (Å²) in [5.74, 6) is -0.918. The Morgan fingerprint density at radius 3 is 2.19 bits per heavy atom. The second kappa shape index (κ2) is 5.94. The van der Waals surface area contributed by atoms with Crippen LogP contribution in [0.25, 0.3) is 0 Å². The van der Waals surface area contributed by atoms with Gasteiger partial charge in [0.25, 0.3) is 0 Å². The Morgan fingerprint density at radius 2 is 1.75 bits per heavy atom. The van der Waals surface area contributed by atoms with Gasteiger partial charge in [-0.15, -0.1) is 0 Å². The lowest BCUT2D eigenvalue weighted by Gasteiger charge is -2.18. The number of aliphatic hydroxyl groups is 1. The SMILES string of the molecule is CCC(C)CC(CO)c1cc(F)cc(F)c1. The topological polar surface area (TPSA) is 20.2 Å². The fourth-order valence-corrected chi connectivity index (χ4v) is 1.78. The van der Waals surface area contributed by atoms with Crippen molar-refractivity contribution in [3.63, 3.8) is 0 Å². The van der Waals surface area contributed by atoms with E-state index in [2.05, 4.69) is 13.8 Å². The van der Waals surface area contributed by atoms with Gasteiger partial charge in [-0.2, -0.15) is 0 Å². The average Bonchev–Trinajstić information content (AvgIpc) is 2.24. The van der Waals surface area contributed by atoms with Gasteiger partial charge in [-0.05, 0) is 30.0 Å². The van der Waals surface area contributed by atoms with Crippen LogP contribution in [0.5, 0.6) is 0 Å². The molecule has 0 fully saturated rings. The molecule has 1 N–H and O–H groups in total. The van der Waals surface area contributed by atoms with Gasteiger partial charge in [-0.25, -0.2) is 8.78 Å².